The molecule has 8 nitrogen and oxygen atoms in total. The van der Waals surface area contributed by atoms with Crippen molar-refractivity contribution in [1.82, 2.24) is 4.98 Å². The summed E-state index contributed by atoms with van der Waals surface area (Å²) in [5.74, 6) is -0.491. The van der Waals surface area contributed by atoms with Gasteiger partial charge in [-0.1, -0.05) is 12.1 Å². The zero-order valence-electron chi connectivity index (χ0n) is 13.2. The van der Waals surface area contributed by atoms with Gasteiger partial charge in [0.1, 0.15) is 6.20 Å². The Morgan fingerprint density at radius 2 is 1.92 bits per heavy atom. The molecule has 25 heavy (non-hydrogen) atoms. The maximum atomic E-state index is 12.5. The van der Waals surface area contributed by atoms with Crippen LogP contribution < -0.4 is 0 Å². The van der Waals surface area contributed by atoms with Crippen LogP contribution in [0.1, 0.15) is 12.5 Å². The summed E-state index contributed by atoms with van der Waals surface area (Å²) < 4.78 is 29.7. The van der Waals surface area contributed by atoms with Gasteiger partial charge in [-0.2, -0.15) is 0 Å². The minimum Gasteiger partial charge on any atom is -0.463 e. The van der Waals surface area contributed by atoms with Crippen molar-refractivity contribution in [2.45, 2.75) is 16.8 Å². The molecule has 0 unspecified atom stereocenters. The SMILES string of the molecule is CCOC(=O)C=Cc1ccc(S(=O)(=O)c2ccc([N+](=O)[O-])cn2)cc1. The van der Waals surface area contributed by atoms with Gasteiger partial charge in [-0.15, -0.1) is 0 Å². The Morgan fingerprint density at radius 3 is 2.44 bits per heavy atom. The van der Waals surface area contributed by atoms with Crippen molar-refractivity contribution < 1.29 is 22.9 Å². The molecule has 0 saturated carbocycles. The van der Waals surface area contributed by atoms with E-state index in [0.29, 0.717) is 5.56 Å². The van der Waals surface area contributed by atoms with Crippen molar-refractivity contribution in [3.63, 3.8) is 0 Å². The van der Waals surface area contributed by atoms with Gasteiger partial charge in [0.2, 0.25) is 9.84 Å². The molecular formula is C16H14N2O6S. The molecule has 1 aromatic carbocycles. The highest BCUT2D eigenvalue weighted by Gasteiger charge is 2.20. The van der Waals surface area contributed by atoms with Crippen LogP contribution in [-0.4, -0.2) is 30.9 Å². The number of hydrogen-bond acceptors (Lipinski definition) is 7. The monoisotopic (exact) mass is 362 g/mol. The summed E-state index contributed by atoms with van der Waals surface area (Å²) >= 11 is 0. The third-order valence-electron chi connectivity index (χ3n) is 3.10. The van der Waals surface area contributed by atoms with Gasteiger partial charge in [0.05, 0.1) is 16.4 Å². The van der Waals surface area contributed by atoms with Crippen LogP contribution in [0.4, 0.5) is 5.69 Å². The summed E-state index contributed by atoms with van der Waals surface area (Å²) in [6.45, 7) is 1.96. The number of nitrogens with zero attached hydrogens (tertiary/aromatic N) is 2. The Bertz CT molecular complexity index is 903. The summed E-state index contributed by atoms with van der Waals surface area (Å²) in [5, 5.41) is 10.3. The van der Waals surface area contributed by atoms with E-state index in [1.165, 1.54) is 36.4 Å². The number of carbonyl (C=O) groups is 1. The predicted molar refractivity (Wildman–Crippen MR) is 88.5 cm³/mol. The fraction of sp³-hybridized carbons (Fsp3) is 0.125. The minimum absolute atomic E-state index is 0.0119. The maximum absolute atomic E-state index is 12.5. The number of sulfone groups is 1. The molecule has 2 aromatic rings. The van der Waals surface area contributed by atoms with Crippen molar-refractivity contribution in [1.29, 1.82) is 0 Å². The molecule has 0 saturated heterocycles. The molecule has 0 spiro atoms. The fourth-order valence-electron chi connectivity index (χ4n) is 1.87. The number of aromatic nitrogens is 1. The molecule has 0 aliphatic carbocycles. The van der Waals surface area contributed by atoms with Gasteiger partial charge in [-0.05, 0) is 36.8 Å². The first-order valence-electron chi connectivity index (χ1n) is 7.15. The molecule has 0 N–H and O–H groups in total. The third kappa shape index (κ3) is 4.48. The van der Waals surface area contributed by atoms with E-state index in [1.807, 2.05) is 0 Å². The lowest BCUT2D eigenvalue weighted by Crippen LogP contribution is -2.04. The van der Waals surface area contributed by atoms with Crippen LogP contribution in [0.5, 0.6) is 0 Å². The van der Waals surface area contributed by atoms with Gasteiger partial charge in [0.15, 0.2) is 5.03 Å². The van der Waals surface area contributed by atoms with E-state index in [9.17, 15) is 23.3 Å². The minimum atomic E-state index is -3.89. The molecule has 0 aliphatic rings. The van der Waals surface area contributed by atoms with E-state index in [2.05, 4.69) is 4.98 Å². The topological polar surface area (TPSA) is 116 Å². The first-order chi connectivity index (χ1) is 11.8. The van der Waals surface area contributed by atoms with Gasteiger partial charge >= 0.3 is 5.97 Å². The van der Waals surface area contributed by atoms with Gasteiger partial charge < -0.3 is 4.74 Å². The quantitative estimate of drug-likeness (QED) is 0.335. The van der Waals surface area contributed by atoms with Crippen molar-refractivity contribution in [2.24, 2.45) is 0 Å². The molecule has 0 atom stereocenters. The highest BCUT2D eigenvalue weighted by Crippen LogP contribution is 2.21. The number of rotatable bonds is 6. The normalized spacial score (nSPS) is 11.4. The number of pyridine rings is 1. The van der Waals surface area contributed by atoms with Crippen molar-refractivity contribution in [3.8, 4) is 0 Å². The smallest absolute Gasteiger partial charge is 0.330 e. The van der Waals surface area contributed by atoms with Crippen LogP contribution in [0.3, 0.4) is 0 Å². The van der Waals surface area contributed by atoms with Gasteiger partial charge in [-0.3, -0.25) is 10.1 Å². The van der Waals surface area contributed by atoms with E-state index >= 15 is 0 Å². The Balaban J connectivity index is 2.22. The fourth-order valence-corrected chi connectivity index (χ4v) is 3.05. The lowest BCUT2D eigenvalue weighted by atomic mass is 10.2. The van der Waals surface area contributed by atoms with Gasteiger partial charge in [0.25, 0.3) is 5.69 Å². The molecule has 1 heterocycles. The molecule has 0 fully saturated rings. The van der Waals surface area contributed by atoms with Crippen LogP contribution >= 0.6 is 0 Å². The van der Waals surface area contributed by atoms with Gasteiger partial charge in [0, 0.05) is 12.1 Å². The highest BCUT2D eigenvalue weighted by atomic mass is 32.2. The molecular weight excluding hydrogens is 348 g/mol. The largest absolute Gasteiger partial charge is 0.463 e. The number of nitro groups is 1. The number of benzene rings is 1. The summed E-state index contributed by atoms with van der Waals surface area (Å²) in [6, 6.07) is 7.94. The summed E-state index contributed by atoms with van der Waals surface area (Å²) in [5.41, 5.74) is 0.321. The van der Waals surface area contributed by atoms with Crippen LogP contribution in [0.25, 0.3) is 6.08 Å². The third-order valence-corrected chi connectivity index (χ3v) is 4.78. The highest BCUT2D eigenvalue weighted by molar-refractivity contribution is 7.91. The first kappa shape index (κ1) is 18.3. The van der Waals surface area contributed by atoms with E-state index in [-0.39, 0.29) is 22.2 Å². The first-order valence-corrected chi connectivity index (χ1v) is 8.63. The van der Waals surface area contributed by atoms with E-state index in [0.717, 1.165) is 18.3 Å². The number of ether oxygens (including phenoxy) is 1. The zero-order valence-corrected chi connectivity index (χ0v) is 14.0. The molecule has 0 amide bonds. The Labute approximate surface area is 143 Å². The maximum Gasteiger partial charge on any atom is 0.330 e. The zero-order chi connectivity index (χ0) is 18.4. The molecule has 0 bridgehead atoms. The van der Waals surface area contributed by atoms with Crippen LogP contribution in [0.15, 0.2) is 58.6 Å². The van der Waals surface area contributed by atoms with E-state index < -0.39 is 20.7 Å². The van der Waals surface area contributed by atoms with Crippen molar-refractivity contribution in [3.05, 3.63) is 64.3 Å². The number of hydrogen-bond donors (Lipinski definition) is 0. The van der Waals surface area contributed by atoms with Gasteiger partial charge in [-0.25, -0.2) is 18.2 Å². The van der Waals surface area contributed by atoms with Crippen molar-refractivity contribution >= 4 is 27.6 Å². The van der Waals surface area contributed by atoms with Crippen LogP contribution in [0, 0.1) is 10.1 Å². The summed E-state index contributed by atoms with van der Waals surface area (Å²) in [6.07, 6.45) is 3.63. The molecule has 1 aromatic heterocycles. The van der Waals surface area contributed by atoms with Crippen LogP contribution in [0.2, 0.25) is 0 Å². The number of carbonyl (C=O) groups excluding carboxylic acids is 1. The number of esters is 1. The van der Waals surface area contributed by atoms with E-state index in [4.69, 9.17) is 4.74 Å². The lowest BCUT2D eigenvalue weighted by molar-refractivity contribution is -0.385. The Kier molecular flexibility index (Phi) is 5.60. The second kappa shape index (κ2) is 7.67. The van der Waals surface area contributed by atoms with Crippen molar-refractivity contribution in [2.75, 3.05) is 6.61 Å². The molecule has 2 rings (SSSR count). The standard InChI is InChI=1S/C16H14N2O6S/c1-2-24-16(19)10-5-12-3-7-14(8-4-12)25(22,23)15-9-6-13(11-17-15)18(20)21/h3-11H,2H2,1H3. The van der Waals surface area contributed by atoms with E-state index in [1.54, 1.807) is 6.92 Å². The van der Waals surface area contributed by atoms with Crippen LogP contribution in [-0.2, 0) is 19.4 Å². The molecule has 130 valence electrons. The second-order valence-corrected chi connectivity index (χ2v) is 6.67. The Hall–Kier alpha value is -3.07. The predicted octanol–water partition coefficient (Wildman–Crippen LogP) is 2.40. The summed E-state index contributed by atoms with van der Waals surface area (Å²) in [7, 11) is -3.89. The molecule has 9 heteroatoms. The average molecular weight is 362 g/mol. The second-order valence-electron chi connectivity index (χ2n) is 4.77. The molecule has 0 radical (unpaired) electrons. The summed E-state index contributed by atoms with van der Waals surface area (Å²) in [4.78, 5) is 24.8. The lowest BCUT2D eigenvalue weighted by Gasteiger charge is -2.04. The average Bonchev–Trinajstić information content (AvgIpc) is 2.60. The molecule has 0 aliphatic heterocycles. The Morgan fingerprint density at radius 1 is 1.24 bits per heavy atom.